The summed E-state index contributed by atoms with van der Waals surface area (Å²) in [6.45, 7) is 1.54. The van der Waals surface area contributed by atoms with E-state index >= 15 is 0 Å². The molecule has 0 fully saturated rings. The standard InChI is InChI=1S/C9H10N4O3/c1-5(14)9-12-8(13-16-9)6-3-7(15-2)11-4-10-6/h3-5,14H,1-2H3/t5-/m0/s1. The first kappa shape index (κ1) is 10.5. The van der Waals surface area contributed by atoms with Crippen LogP contribution in [0.1, 0.15) is 18.9 Å². The largest absolute Gasteiger partial charge is 0.481 e. The van der Waals surface area contributed by atoms with Crippen LogP contribution in [0.2, 0.25) is 0 Å². The topological polar surface area (TPSA) is 94.2 Å². The summed E-state index contributed by atoms with van der Waals surface area (Å²) in [4.78, 5) is 11.8. The summed E-state index contributed by atoms with van der Waals surface area (Å²) in [6, 6.07) is 1.58. The molecule has 0 bridgehead atoms. The van der Waals surface area contributed by atoms with E-state index in [0.29, 0.717) is 11.6 Å². The maximum absolute atomic E-state index is 9.23. The minimum absolute atomic E-state index is 0.146. The highest BCUT2D eigenvalue weighted by molar-refractivity contribution is 5.49. The van der Waals surface area contributed by atoms with Gasteiger partial charge in [-0.15, -0.1) is 0 Å². The molecular weight excluding hydrogens is 212 g/mol. The Morgan fingerprint density at radius 2 is 2.25 bits per heavy atom. The molecule has 0 saturated heterocycles. The van der Waals surface area contributed by atoms with Crippen LogP contribution in [0, 0.1) is 0 Å². The highest BCUT2D eigenvalue weighted by Crippen LogP contribution is 2.18. The Balaban J connectivity index is 2.34. The molecule has 0 unspecified atom stereocenters. The van der Waals surface area contributed by atoms with Crippen molar-refractivity contribution in [1.82, 2.24) is 20.1 Å². The monoisotopic (exact) mass is 222 g/mol. The second-order valence-electron chi connectivity index (χ2n) is 3.08. The predicted octanol–water partition coefficient (Wildman–Crippen LogP) is 0.588. The molecule has 84 valence electrons. The molecule has 0 amide bonds. The Kier molecular flexibility index (Phi) is 2.78. The van der Waals surface area contributed by atoms with Gasteiger partial charge in [0, 0.05) is 6.07 Å². The lowest BCUT2D eigenvalue weighted by molar-refractivity contribution is 0.152. The Labute approximate surface area is 91.1 Å². The summed E-state index contributed by atoms with van der Waals surface area (Å²) in [5.41, 5.74) is 0.475. The maximum Gasteiger partial charge on any atom is 0.255 e. The van der Waals surface area contributed by atoms with E-state index in [2.05, 4.69) is 20.1 Å². The Morgan fingerprint density at radius 1 is 1.44 bits per heavy atom. The number of methoxy groups -OCH3 is 1. The average Bonchev–Trinajstić information content (AvgIpc) is 2.78. The summed E-state index contributed by atoms with van der Waals surface area (Å²) in [6.07, 6.45) is 0.539. The van der Waals surface area contributed by atoms with Crippen LogP contribution in [0.5, 0.6) is 5.88 Å². The van der Waals surface area contributed by atoms with Gasteiger partial charge in [-0.2, -0.15) is 4.98 Å². The molecule has 2 aromatic heterocycles. The van der Waals surface area contributed by atoms with E-state index in [9.17, 15) is 5.11 Å². The fourth-order valence-electron chi connectivity index (χ4n) is 1.08. The van der Waals surface area contributed by atoms with Crippen molar-refractivity contribution in [2.75, 3.05) is 7.11 Å². The molecule has 1 atom stereocenters. The first-order chi connectivity index (χ1) is 7.70. The van der Waals surface area contributed by atoms with E-state index in [1.807, 2.05) is 0 Å². The zero-order chi connectivity index (χ0) is 11.5. The van der Waals surface area contributed by atoms with Crippen molar-refractivity contribution in [2.45, 2.75) is 13.0 Å². The minimum Gasteiger partial charge on any atom is -0.481 e. The molecule has 16 heavy (non-hydrogen) atoms. The number of aromatic nitrogens is 4. The summed E-state index contributed by atoms with van der Waals surface area (Å²) < 4.78 is 9.79. The lowest BCUT2D eigenvalue weighted by atomic mass is 10.3. The summed E-state index contributed by atoms with van der Waals surface area (Å²) >= 11 is 0. The second-order valence-corrected chi connectivity index (χ2v) is 3.08. The summed E-state index contributed by atoms with van der Waals surface area (Å²) in [5.74, 6) is 0.845. The normalized spacial score (nSPS) is 12.4. The number of aliphatic hydroxyl groups is 1. The third-order valence-electron chi connectivity index (χ3n) is 1.88. The van der Waals surface area contributed by atoms with E-state index in [-0.39, 0.29) is 11.7 Å². The summed E-state index contributed by atoms with van der Waals surface area (Å²) in [5, 5.41) is 12.9. The lowest BCUT2D eigenvalue weighted by Crippen LogP contribution is -1.93. The van der Waals surface area contributed by atoms with Crippen molar-refractivity contribution in [2.24, 2.45) is 0 Å². The highest BCUT2D eigenvalue weighted by Gasteiger charge is 2.14. The molecule has 0 spiro atoms. The second kappa shape index (κ2) is 4.23. The van der Waals surface area contributed by atoms with Gasteiger partial charge in [0.25, 0.3) is 5.89 Å². The van der Waals surface area contributed by atoms with Gasteiger partial charge >= 0.3 is 0 Å². The molecule has 0 aromatic carbocycles. The van der Waals surface area contributed by atoms with E-state index in [1.165, 1.54) is 20.4 Å². The maximum atomic E-state index is 9.23. The van der Waals surface area contributed by atoms with Gasteiger partial charge in [-0.25, -0.2) is 9.97 Å². The van der Waals surface area contributed by atoms with Crippen molar-refractivity contribution in [3.8, 4) is 17.4 Å². The van der Waals surface area contributed by atoms with Crippen LogP contribution in [-0.2, 0) is 0 Å². The molecule has 1 N–H and O–H groups in total. The summed E-state index contributed by atoms with van der Waals surface area (Å²) in [7, 11) is 1.50. The fraction of sp³-hybridized carbons (Fsp3) is 0.333. The first-order valence-electron chi connectivity index (χ1n) is 4.59. The van der Waals surface area contributed by atoms with Gasteiger partial charge in [-0.1, -0.05) is 5.16 Å². The van der Waals surface area contributed by atoms with Crippen LogP contribution < -0.4 is 4.74 Å². The number of hydrogen-bond acceptors (Lipinski definition) is 7. The van der Waals surface area contributed by atoms with Crippen molar-refractivity contribution in [3.05, 3.63) is 18.3 Å². The van der Waals surface area contributed by atoms with Gasteiger partial charge < -0.3 is 14.4 Å². The first-order valence-corrected chi connectivity index (χ1v) is 4.59. The SMILES string of the molecule is COc1cc(-c2noc([C@H](C)O)n2)ncn1. The quantitative estimate of drug-likeness (QED) is 0.811. The van der Waals surface area contributed by atoms with Crippen LogP contribution in [0.25, 0.3) is 11.5 Å². The predicted molar refractivity (Wildman–Crippen MR) is 52.5 cm³/mol. The van der Waals surface area contributed by atoms with Gasteiger partial charge in [-0.05, 0) is 6.92 Å². The van der Waals surface area contributed by atoms with Crippen molar-refractivity contribution < 1.29 is 14.4 Å². The third-order valence-corrected chi connectivity index (χ3v) is 1.88. The van der Waals surface area contributed by atoms with Crippen LogP contribution in [-0.4, -0.2) is 32.3 Å². The lowest BCUT2D eigenvalue weighted by Gasteiger charge is -1.97. The number of ether oxygens (including phenoxy) is 1. The van der Waals surface area contributed by atoms with Gasteiger partial charge in [0.2, 0.25) is 11.7 Å². The molecule has 0 aliphatic rings. The number of nitrogens with zero attached hydrogens (tertiary/aromatic N) is 4. The molecule has 2 heterocycles. The Bertz CT molecular complexity index is 483. The van der Waals surface area contributed by atoms with Gasteiger partial charge in [0.05, 0.1) is 7.11 Å². The Hall–Kier alpha value is -2.02. The zero-order valence-corrected chi connectivity index (χ0v) is 8.78. The van der Waals surface area contributed by atoms with Crippen LogP contribution in [0.4, 0.5) is 0 Å². The average molecular weight is 222 g/mol. The molecule has 7 heteroatoms. The molecule has 0 saturated carbocycles. The van der Waals surface area contributed by atoms with E-state index in [4.69, 9.17) is 9.26 Å². The molecule has 0 aliphatic carbocycles. The van der Waals surface area contributed by atoms with E-state index < -0.39 is 6.10 Å². The molecule has 2 rings (SSSR count). The molecule has 7 nitrogen and oxygen atoms in total. The number of aliphatic hydroxyl groups excluding tert-OH is 1. The molecular formula is C9H10N4O3. The number of hydrogen-bond donors (Lipinski definition) is 1. The van der Waals surface area contributed by atoms with Crippen molar-refractivity contribution in [3.63, 3.8) is 0 Å². The van der Waals surface area contributed by atoms with Gasteiger partial charge in [0.1, 0.15) is 18.1 Å². The van der Waals surface area contributed by atoms with Gasteiger partial charge in [-0.3, -0.25) is 0 Å². The van der Waals surface area contributed by atoms with Crippen LogP contribution in [0.15, 0.2) is 16.9 Å². The third kappa shape index (κ3) is 1.98. The van der Waals surface area contributed by atoms with Crippen molar-refractivity contribution >= 4 is 0 Å². The minimum atomic E-state index is -0.801. The fourth-order valence-corrected chi connectivity index (χ4v) is 1.08. The smallest absolute Gasteiger partial charge is 0.255 e. The van der Waals surface area contributed by atoms with E-state index in [1.54, 1.807) is 6.07 Å². The van der Waals surface area contributed by atoms with Crippen LogP contribution in [0.3, 0.4) is 0 Å². The van der Waals surface area contributed by atoms with Crippen LogP contribution >= 0.6 is 0 Å². The highest BCUT2D eigenvalue weighted by atomic mass is 16.5. The number of rotatable bonds is 3. The van der Waals surface area contributed by atoms with Crippen molar-refractivity contribution in [1.29, 1.82) is 0 Å². The van der Waals surface area contributed by atoms with Gasteiger partial charge in [0.15, 0.2) is 0 Å². The molecule has 0 radical (unpaired) electrons. The molecule has 0 aliphatic heterocycles. The molecule has 2 aromatic rings. The Morgan fingerprint density at radius 3 is 2.88 bits per heavy atom. The zero-order valence-electron chi connectivity index (χ0n) is 8.78. The van der Waals surface area contributed by atoms with E-state index in [0.717, 1.165) is 0 Å².